The van der Waals surface area contributed by atoms with Gasteiger partial charge in [-0.25, -0.2) is 0 Å². The first-order chi connectivity index (χ1) is 7.56. The highest BCUT2D eigenvalue weighted by molar-refractivity contribution is 4.62. The summed E-state index contributed by atoms with van der Waals surface area (Å²) in [6, 6.07) is 0. The van der Waals surface area contributed by atoms with Crippen molar-refractivity contribution in [3.05, 3.63) is 0 Å². The highest BCUT2D eigenvalue weighted by Gasteiger charge is 2.08. The Balaban J connectivity index is 2.99. The number of hydrogen-bond donors (Lipinski definition) is 2. The summed E-state index contributed by atoms with van der Waals surface area (Å²) in [6.45, 7) is 10.1. The fourth-order valence-corrected chi connectivity index (χ4v) is 1.69. The molecule has 0 aromatic heterocycles. The Labute approximate surface area is 102 Å². The van der Waals surface area contributed by atoms with E-state index in [-0.39, 0.29) is 0 Å². The lowest BCUT2D eigenvalue weighted by Gasteiger charge is -2.17. The average Bonchev–Trinajstić information content (AvgIpc) is 2.19. The number of rotatable bonds is 10. The molecular weight excluding hydrogens is 196 g/mol. The molecule has 98 valence electrons. The second-order valence-electron chi connectivity index (χ2n) is 5.97. The number of nitrogens with one attached hydrogen (secondary N) is 1. The van der Waals surface area contributed by atoms with E-state index in [9.17, 15) is 0 Å². The van der Waals surface area contributed by atoms with Crippen LogP contribution in [-0.4, -0.2) is 19.6 Å². The third-order valence-corrected chi connectivity index (χ3v) is 2.86. The van der Waals surface area contributed by atoms with Crippen LogP contribution in [0.25, 0.3) is 0 Å². The van der Waals surface area contributed by atoms with Crippen molar-refractivity contribution < 1.29 is 0 Å². The van der Waals surface area contributed by atoms with Gasteiger partial charge in [-0.15, -0.1) is 0 Å². The van der Waals surface area contributed by atoms with Crippen molar-refractivity contribution in [1.29, 1.82) is 0 Å². The van der Waals surface area contributed by atoms with Crippen molar-refractivity contribution in [2.75, 3.05) is 19.6 Å². The molecule has 0 fully saturated rings. The first-order valence-electron chi connectivity index (χ1n) is 6.97. The quantitative estimate of drug-likeness (QED) is 0.563. The van der Waals surface area contributed by atoms with Gasteiger partial charge in [0.25, 0.3) is 0 Å². The minimum Gasteiger partial charge on any atom is -0.330 e. The lowest BCUT2D eigenvalue weighted by molar-refractivity contribution is 0.366. The zero-order valence-corrected chi connectivity index (χ0v) is 11.6. The molecule has 0 aromatic rings. The molecule has 2 nitrogen and oxygen atoms in total. The van der Waals surface area contributed by atoms with Crippen LogP contribution in [0.2, 0.25) is 0 Å². The van der Waals surface area contributed by atoms with Crippen molar-refractivity contribution >= 4 is 0 Å². The van der Waals surface area contributed by atoms with Crippen molar-refractivity contribution in [3.63, 3.8) is 0 Å². The standard InChI is InChI=1S/C14H32N2/c1-14(2,3)10-13-16-12-9-7-5-4-6-8-11-15/h16H,4-13,15H2,1-3H3. The van der Waals surface area contributed by atoms with Crippen molar-refractivity contribution in [3.8, 4) is 0 Å². The van der Waals surface area contributed by atoms with Crippen molar-refractivity contribution in [1.82, 2.24) is 5.32 Å². The molecule has 2 heteroatoms. The predicted octanol–water partition coefficient (Wildman–Crippen LogP) is 3.31. The van der Waals surface area contributed by atoms with Gasteiger partial charge in [-0.1, -0.05) is 46.5 Å². The Morgan fingerprint density at radius 2 is 1.38 bits per heavy atom. The van der Waals surface area contributed by atoms with Crippen LogP contribution < -0.4 is 11.1 Å². The van der Waals surface area contributed by atoms with Crippen LogP contribution in [0.15, 0.2) is 0 Å². The van der Waals surface area contributed by atoms with Gasteiger partial charge in [0.1, 0.15) is 0 Å². The molecule has 0 aliphatic rings. The van der Waals surface area contributed by atoms with E-state index in [1.807, 2.05) is 0 Å². The van der Waals surface area contributed by atoms with Crippen LogP contribution in [0.5, 0.6) is 0 Å². The molecule has 0 spiro atoms. The lowest BCUT2D eigenvalue weighted by atomic mass is 9.92. The molecule has 0 unspecified atom stereocenters. The Morgan fingerprint density at radius 1 is 0.812 bits per heavy atom. The summed E-state index contributed by atoms with van der Waals surface area (Å²) in [5, 5.41) is 3.52. The third kappa shape index (κ3) is 13.9. The summed E-state index contributed by atoms with van der Waals surface area (Å²) in [5.74, 6) is 0. The smallest absolute Gasteiger partial charge is 0.00439 e. The number of nitrogens with two attached hydrogens (primary N) is 1. The van der Waals surface area contributed by atoms with Crippen molar-refractivity contribution in [2.45, 2.75) is 65.7 Å². The van der Waals surface area contributed by atoms with E-state index in [2.05, 4.69) is 26.1 Å². The molecular formula is C14H32N2. The minimum absolute atomic E-state index is 0.467. The molecule has 0 radical (unpaired) electrons. The number of unbranched alkanes of at least 4 members (excludes halogenated alkanes) is 5. The fourth-order valence-electron chi connectivity index (χ4n) is 1.69. The molecule has 16 heavy (non-hydrogen) atoms. The SMILES string of the molecule is CC(C)(C)CCNCCCCCCCCN. The maximum Gasteiger partial charge on any atom is -0.00439 e. The molecule has 0 amide bonds. The van der Waals surface area contributed by atoms with Gasteiger partial charge < -0.3 is 11.1 Å². The molecule has 3 N–H and O–H groups in total. The van der Waals surface area contributed by atoms with E-state index in [4.69, 9.17) is 5.73 Å². The Bertz CT molecular complexity index is 138. The average molecular weight is 228 g/mol. The van der Waals surface area contributed by atoms with E-state index >= 15 is 0 Å². The molecule has 0 rings (SSSR count). The predicted molar refractivity (Wildman–Crippen MR) is 73.7 cm³/mol. The second-order valence-corrected chi connectivity index (χ2v) is 5.97. The van der Waals surface area contributed by atoms with E-state index < -0.39 is 0 Å². The molecule has 0 bridgehead atoms. The van der Waals surface area contributed by atoms with Crippen LogP contribution in [0.1, 0.15) is 65.7 Å². The van der Waals surface area contributed by atoms with Gasteiger partial charge in [-0.2, -0.15) is 0 Å². The summed E-state index contributed by atoms with van der Waals surface area (Å²) in [7, 11) is 0. The number of hydrogen-bond acceptors (Lipinski definition) is 2. The zero-order valence-electron chi connectivity index (χ0n) is 11.6. The minimum atomic E-state index is 0.467. The monoisotopic (exact) mass is 228 g/mol. The van der Waals surface area contributed by atoms with Gasteiger partial charge >= 0.3 is 0 Å². The van der Waals surface area contributed by atoms with E-state index in [1.54, 1.807) is 0 Å². The summed E-state index contributed by atoms with van der Waals surface area (Å²) in [4.78, 5) is 0. The van der Waals surface area contributed by atoms with E-state index in [1.165, 1.54) is 51.5 Å². The van der Waals surface area contributed by atoms with Gasteiger partial charge in [-0.3, -0.25) is 0 Å². The third-order valence-electron chi connectivity index (χ3n) is 2.86. The van der Waals surface area contributed by atoms with Crippen LogP contribution in [0.3, 0.4) is 0 Å². The van der Waals surface area contributed by atoms with Gasteiger partial charge in [-0.05, 0) is 44.3 Å². The second kappa shape index (κ2) is 10.1. The van der Waals surface area contributed by atoms with E-state index in [0.717, 1.165) is 13.1 Å². The van der Waals surface area contributed by atoms with Crippen LogP contribution in [0.4, 0.5) is 0 Å². The van der Waals surface area contributed by atoms with Gasteiger partial charge in [0.15, 0.2) is 0 Å². The van der Waals surface area contributed by atoms with E-state index in [0.29, 0.717) is 5.41 Å². The molecule has 0 atom stereocenters. The first-order valence-corrected chi connectivity index (χ1v) is 6.97. The maximum atomic E-state index is 5.45. The lowest BCUT2D eigenvalue weighted by Crippen LogP contribution is -2.21. The van der Waals surface area contributed by atoms with Gasteiger partial charge in [0.05, 0.1) is 0 Å². The molecule has 0 heterocycles. The molecule has 0 saturated carbocycles. The van der Waals surface area contributed by atoms with Crippen LogP contribution in [0, 0.1) is 5.41 Å². The normalized spacial score (nSPS) is 12.0. The maximum absolute atomic E-state index is 5.45. The molecule has 0 aliphatic carbocycles. The molecule has 0 saturated heterocycles. The first kappa shape index (κ1) is 15.9. The van der Waals surface area contributed by atoms with Crippen LogP contribution in [-0.2, 0) is 0 Å². The highest BCUT2D eigenvalue weighted by Crippen LogP contribution is 2.16. The van der Waals surface area contributed by atoms with Gasteiger partial charge in [0, 0.05) is 0 Å². The zero-order chi connectivity index (χ0) is 12.3. The summed E-state index contributed by atoms with van der Waals surface area (Å²) < 4.78 is 0. The molecule has 0 aliphatic heterocycles. The summed E-state index contributed by atoms with van der Waals surface area (Å²) in [6.07, 6.45) is 9.21. The summed E-state index contributed by atoms with van der Waals surface area (Å²) in [5.41, 5.74) is 5.92. The highest BCUT2D eigenvalue weighted by atomic mass is 14.8. The van der Waals surface area contributed by atoms with Crippen LogP contribution >= 0.6 is 0 Å². The fraction of sp³-hybridized carbons (Fsp3) is 1.00. The Kier molecular flexibility index (Phi) is 10.0. The summed E-state index contributed by atoms with van der Waals surface area (Å²) >= 11 is 0. The topological polar surface area (TPSA) is 38.0 Å². The Hall–Kier alpha value is -0.0800. The Morgan fingerprint density at radius 3 is 1.94 bits per heavy atom. The largest absolute Gasteiger partial charge is 0.330 e. The molecule has 0 aromatic carbocycles. The van der Waals surface area contributed by atoms with Gasteiger partial charge in [0.2, 0.25) is 0 Å². The van der Waals surface area contributed by atoms with Crippen molar-refractivity contribution in [2.24, 2.45) is 11.1 Å².